The van der Waals surface area contributed by atoms with Crippen LogP contribution >= 0.6 is 11.6 Å². The van der Waals surface area contributed by atoms with E-state index in [1.165, 1.54) is 49.3 Å². The van der Waals surface area contributed by atoms with Crippen molar-refractivity contribution in [1.29, 1.82) is 0 Å². The molecule has 0 aliphatic rings. The molecule has 3 aromatic carbocycles. The zero-order chi connectivity index (χ0) is 32.6. The van der Waals surface area contributed by atoms with E-state index in [2.05, 4.69) is 5.32 Å². The number of hydrogen-bond donors (Lipinski definition) is 1. The average Bonchev–Trinajstić information content (AvgIpc) is 2.98. The molecule has 0 saturated heterocycles. The molecule has 2 amide bonds. The third kappa shape index (κ3) is 8.48. The van der Waals surface area contributed by atoms with Gasteiger partial charge in [0.15, 0.2) is 0 Å². The van der Waals surface area contributed by atoms with Crippen LogP contribution in [0, 0.1) is 23.0 Å². The third-order valence-corrected chi connectivity index (χ3v) is 8.98. The predicted molar refractivity (Wildman–Crippen MR) is 170 cm³/mol. The van der Waals surface area contributed by atoms with Crippen molar-refractivity contribution in [2.24, 2.45) is 5.92 Å². The van der Waals surface area contributed by atoms with Crippen LogP contribution in [0.5, 0.6) is 5.75 Å². The zero-order valence-electron chi connectivity index (χ0n) is 25.3. The Bertz CT molecular complexity index is 1600. The van der Waals surface area contributed by atoms with Gasteiger partial charge in [0.1, 0.15) is 18.3 Å². The van der Waals surface area contributed by atoms with Crippen molar-refractivity contribution in [2.45, 2.75) is 45.1 Å². The van der Waals surface area contributed by atoms with Crippen LogP contribution in [-0.4, -0.2) is 62.8 Å². The Hall–Kier alpha value is -4.16. The van der Waals surface area contributed by atoms with E-state index in [4.69, 9.17) is 16.3 Å². The number of halogens is 1. The van der Waals surface area contributed by atoms with Gasteiger partial charge in [-0.1, -0.05) is 61.8 Å². The summed E-state index contributed by atoms with van der Waals surface area (Å²) in [6, 6.07) is 16.2. The van der Waals surface area contributed by atoms with Gasteiger partial charge in [0.2, 0.25) is 11.8 Å². The van der Waals surface area contributed by atoms with Crippen LogP contribution in [0.25, 0.3) is 0 Å². The van der Waals surface area contributed by atoms with Gasteiger partial charge in [0, 0.05) is 29.7 Å². The number of hydrogen-bond acceptors (Lipinski definition) is 7. The van der Waals surface area contributed by atoms with Gasteiger partial charge in [-0.3, -0.25) is 24.0 Å². The van der Waals surface area contributed by atoms with E-state index >= 15 is 0 Å². The topological polar surface area (TPSA) is 139 Å². The predicted octanol–water partition coefficient (Wildman–Crippen LogP) is 4.99. The molecule has 1 atom stereocenters. The molecule has 0 unspecified atom stereocenters. The molecule has 0 aliphatic heterocycles. The highest BCUT2D eigenvalue weighted by Gasteiger charge is 2.34. The Kier molecular flexibility index (Phi) is 11.7. The molecule has 236 valence electrons. The first kappa shape index (κ1) is 34.3. The van der Waals surface area contributed by atoms with E-state index in [1.54, 1.807) is 6.92 Å². The fraction of sp³-hybridized carbons (Fsp3) is 0.355. The molecular formula is C31H37ClN4O7S. The molecule has 0 saturated carbocycles. The minimum absolute atomic E-state index is 0.0449. The summed E-state index contributed by atoms with van der Waals surface area (Å²) in [7, 11) is -3.26. The van der Waals surface area contributed by atoms with E-state index in [9.17, 15) is 28.1 Å². The minimum atomic E-state index is -4.60. The SMILES string of the molecule is COc1ccc(Cl)cc1N(CC(=O)N(CCc1ccccc1)[C@@H](C)C(=O)NCC(C)C)S(=O)(=O)c1ccc(C)c([N+](=O)[O-])c1. The molecule has 0 aliphatic carbocycles. The lowest BCUT2D eigenvalue weighted by Gasteiger charge is -2.32. The first-order valence-corrected chi connectivity index (χ1v) is 15.8. The monoisotopic (exact) mass is 644 g/mol. The third-order valence-electron chi connectivity index (χ3n) is 6.99. The van der Waals surface area contributed by atoms with Crippen molar-refractivity contribution in [1.82, 2.24) is 10.2 Å². The second-order valence-electron chi connectivity index (χ2n) is 10.7. The van der Waals surface area contributed by atoms with Crippen molar-refractivity contribution in [3.05, 3.63) is 93.0 Å². The summed E-state index contributed by atoms with van der Waals surface area (Å²) in [6.45, 7) is 6.75. The van der Waals surface area contributed by atoms with Gasteiger partial charge < -0.3 is 15.0 Å². The summed E-state index contributed by atoms with van der Waals surface area (Å²) in [4.78, 5) is 39.1. The summed E-state index contributed by atoms with van der Waals surface area (Å²) >= 11 is 6.26. The maximum absolute atomic E-state index is 14.2. The molecule has 0 radical (unpaired) electrons. The number of sulfonamides is 1. The van der Waals surface area contributed by atoms with Gasteiger partial charge in [-0.15, -0.1) is 0 Å². The van der Waals surface area contributed by atoms with E-state index < -0.39 is 44.0 Å². The van der Waals surface area contributed by atoms with E-state index in [0.29, 0.717) is 13.0 Å². The number of rotatable bonds is 14. The van der Waals surface area contributed by atoms with Gasteiger partial charge in [-0.25, -0.2) is 8.42 Å². The first-order chi connectivity index (χ1) is 20.8. The number of anilines is 1. The van der Waals surface area contributed by atoms with Gasteiger partial charge in [-0.05, 0) is 56.0 Å². The number of nitrogens with zero attached hydrogens (tertiary/aromatic N) is 3. The van der Waals surface area contributed by atoms with Gasteiger partial charge in [0.25, 0.3) is 15.7 Å². The van der Waals surface area contributed by atoms with Crippen molar-refractivity contribution < 1.29 is 27.7 Å². The van der Waals surface area contributed by atoms with E-state index in [-0.39, 0.29) is 40.4 Å². The molecule has 13 heteroatoms. The number of amides is 2. The number of aryl methyl sites for hydroxylation is 1. The average molecular weight is 645 g/mol. The fourth-order valence-corrected chi connectivity index (χ4v) is 6.07. The van der Waals surface area contributed by atoms with Gasteiger partial charge >= 0.3 is 0 Å². The highest BCUT2D eigenvalue weighted by atomic mass is 35.5. The number of nitro benzene ring substituents is 1. The summed E-state index contributed by atoms with van der Waals surface area (Å²) in [5.74, 6) is -0.774. The van der Waals surface area contributed by atoms with Crippen LogP contribution in [0.4, 0.5) is 11.4 Å². The lowest BCUT2D eigenvalue weighted by Crippen LogP contribution is -2.52. The number of carbonyl (C=O) groups excluding carboxylic acids is 2. The standard InChI is InChI=1S/C31H37ClN4O7S/c1-21(2)19-33-31(38)23(4)34(16-15-24-9-7-6-8-10-24)30(37)20-35(28-17-25(32)12-14-29(28)43-5)44(41,42)26-13-11-22(3)27(18-26)36(39)40/h6-14,17-18,21,23H,15-16,19-20H2,1-5H3,(H,33,38)/t23-/m0/s1. The second-order valence-corrected chi connectivity index (χ2v) is 13.0. The Morgan fingerprint density at radius 3 is 2.34 bits per heavy atom. The number of nitrogens with one attached hydrogen (secondary N) is 1. The number of benzene rings is 3. The smallest absolute Gasteiger partial charge is 0.273 e. The minimum Gasteiger partial charge on any atom is -0.495 e. The Balaban J connectivity index is 2.10. The van der Waals surface area contributed by atoms with Gasteiger partial charge in [-0.2, -0.15) is 0 Å². The first-order valence-electron chi connectivity index (χ1n) is 14.0. The van der Waals surface area contributed by atoms with Crippen LogP contribution in [0.1, 0.15) is 31.9 Å². The number of methoxy groups -OCH3 is 1. The molecule has 0 aromatic heterocycles. The van der Waals surface area contributed by atoms with Crippen LogP contribution < -0.4 is 14.4 Å². The number of nitro groups is 1. The molecular weight excluding hydrogens is 608 g/mol. The summed E-state index contributed by atoms with van der Waals surface area (Å²) in [5, 5.41) is 14.6. The van der Waals surface area contributed by atoms with Crippen LogP contribution in [-0.2, 0) is 26.0 Å². The molecule has 44 heavy (non-hydrogen) atoms. The van der Waals surface area contributed by atoms with Crippen LogP contribution in [0.3, 0.4) is 0 Å². The second kappa shape index (κ2) is 15.0. The number of carbonyl (C=O) groups is 2. The van der Waals surface area contributed by atoms with Crippen LogP contribution in [0.2, 0.25) is 5.02 Å². The largest absolute Gasteiger partial charge is 0.495 e. The van der Waals surface area contributed by atoms with Crippen molar-refractivity contribution in [2.75, 3.05) is 31.0 Å². The fourth-order valence-electron chi connectivity index (χ4n) is 4.47. The summed E-state index contributed by atoms with van der Waals surface area (Å²) in [6.07, 6.45) is 0.409. The molecule has 0 spiro atoms. The highest BCUT2D eigenvalue weighted by Crippen LogP contribution is 2.36. The van der Waals surface area contributed by atoms with E-state index in [1.807, 2.05) is 44.2 Å². The maximum Gasteiger partial charge on any atom is 0.273 e. The maximum atomic E-state index is 14.2. The summed E-state index contributed by atoms with van der Waals surface area (Å²) in [5.41, 5.74) is 0.755. The Morgan fingerprint density at radius 1 is 1.05 bits per heavy atom. The Morgan fingerprint density at radius 2 is 1.73 bits per heavy atom. The lowest BCUT2D eigenvalue weighted by molar-refractivity contribution is -0.385. The highest BCUT2D eigenvalue weighted by molar-refractivity contribution is 7.92. The number of ether oxygens (including phenoxy) is 1. The van der Waals surface area contributed by atoms with Crippen molar-refractivity contribution in [3.8, 4) is 5.75 Å². The molecule has 0 heterocycles. The molecule has 1 N–H and O–H groups in total. The lowest BCUT2D eigenvalue weighted by atomic mass is 10.1. The van der Waals surface area contributed by atoms with E-state index in [0.717, 1.165) is 15.9 Å². The molecule has 3 rings (SSSR count). The van der Waals surface area contributed by atoms with Crippen molar-refractivity contribution >= 4 is 44.8 Å². The molecule has 11 nitrogen and oxygen atoms in total. The molecule has 0 fully saturated rings. The summed E-state index contributed by atoms with van der Waals surface area (Å²) < 4.78 is 34.6. The Labute approximate surface area is 263 Å². The quantitative estimate of drug-likeness (QED) is 0.193. The van der Waals surface area contributed by atoms with Crippen LogP contribution in [0.15, 0.2) is 71.6 Å². The van der Waals surface area contributed by atoms with Gasteiger partial charge in [0.05, 0.1) is 22.6 Å². The zero-order valence-corrected chi connectivity index (χ0v) is 26.9. The molecule has 0 bridgehead atoms. The van der Waals surface area contributed by atoms with Crippen molar-refractivity contribution in [3.63, 3.8) is 0 Å². The molecule has 3 aromatic rings. The normalized spacial score (nSPS) is 12.0.